The summed E-state index contributed by atoms with van der Waals surface area (Å²) in [6.07, 6.45) is 0.773. The third-order valence-electron chi connectivity index (χ3n) is 2.92. The monoisotopic (exact) mass is 333 g/mol. The average Bonchev–Trinajstić information content (AvgIpc) is 2.33. The van der Waals surface area contributed by atoms with E-state index in [-0.39, 0.29) is 23.3 Å². The van der Waals surface area contributed by atoms with Crippen LogP contribution in [-0.4, -0.2) is 17.8 Å². The molecule has 106 valence electrons. The molecular weight excluding hydrogens is 316 g/mol. The van der Waals surface area contributed by atoms with Crippen LogP contribution in [0.5, 0.6) is 0 Å². The minimum atomic E-state index is -0.947. The van der Waals surface area contributed by atoms with Crippen molar-refractivity contribution >= 4 is 21.8 Å². The van der Waals surface area contributed by atoms with Crippen LogP contribution in [0.15, 0.2) is 18.2 Å². The van der Waals surface area contributed by atoms with Gasteiger partial charge in [-0.2, -0.15) is 0 Å². The van der Waals surface area contributed by atoms with E-state index in [2.05, 4.69) is 21.2 Å². The lowest BCUT2D eigenvalue weighted by Gasteiger charge is -2.23. The highest BCUT2D eigenvalue weighted by atomic mass is 79.9. The standard InChI is InChI=1S/C14H18BrF2NO/c1-14(2,6-7-15)9-18-12(19)8-10-4-3-5-11(16)13(10)17/h3-5H,6-9H2,1-2H3,(H,18,19). The maximum atomic E-state index is 13.4. The van der Waals surface area contributed by atoms with E-state index in [0.717, 1.165) is 17.8 Å². The van der Waals surface area contributed by atoms with Crippen LogP contribution in [0, 0.1) is 17.0 Å². The molecule has 0 radical (unpaired) electrons. The number of carbonyl (C=O) groups excluding carboxylic acids is 1. The molecule has 1 aromatic rings. The summed E-state index contributed by atoms with van der Waals surface area (Å²) < 4.78 is 26.4. The molecule has 0 saturated carbocycles. The van der Waals surface area contributed by atoms with Gasteiger partial charge in [0.1, 0.15) is 0 Å². The zero-order chi connectivity index (χ0) is 14.5. The van der Waals surface area contributed by atoms with Gasteiger partial charge in [0, 0.05) is 17.4 Å². The van der Waals surface area contributed by atoms with Crippen LogP contribution in [0.4, 0.5) is 8.78 Å². The Kier molecular flexibility index (Phi) is 5.91. The van der Waals surface area contributed by atoms with E-state index in [0.29, 0.717) is 6.54 Å². The van der Waals surface area contributed by atoms with Gasteiger partial charge in [0.25, 0.3) is 0 Å². The molecule has 5 heteroatoms. The van der Waals surface area contributed by atoms with Crippen molar-refractivity contribution in [3.63, 3.8) is 0 Å². The van der Waals surface area contributed by atoms with E-state index >= 15 is 0 Å². The minimum Gasteiger partial charge on any atom is -0.355 e. The largest absolute Gasteiger partial charge is 0.355 e. The molecule has 19 heavy (non-hydrogen) atoms. The normalized spacial score (nSPS) is 11.4. The molecule has 0 aliphatic rings. The predicted molar refractivity (Wildman–Crippen MR) is 75.3 cm³/mol. The number of carbonyl (C=O) groups is 1. The van der Waals surface area contributed by atoms with Crippen molar-refractivity contribution in [1.82, 2.24) is 5.32 Å². The molecule has 0 fully saturated rings. The van der Waals surface area contributed by atoms with E-state index in [9.17, 15) is 13.6 Å². The number of nitrogens with one attached hydrogen (secondary N) is 1. The van der Waals surface area contributed by atoms with Crippen LogP contribution in [-0.2, 0) is 11.2 Å². The number of hydrogen-bond donors (Lipinski definition) is 1. The van der Waals surface area contributed by atoms with Gasteiger partial charge in [-0.25, -0.2) is 8.78 Å². The first-order valence-electron chi connectivity index (χ1n) is 6.11. The molecule has 0 aliphatic heterocycles. The molecule has 0 bridgehead atoms. The summed E-state index contributed by atoms with van der Waals surface area (Å²) in [5, 5.41) is 3.61. The fourth-order valence-electron chi connectivity index (χ4n) is 1.60. The molecule has 1 rings (SSSR count). The second-order valence-electron chi connectivity index (χ2n) is 5.27. The number of rotatable bonds is 6. The van der Waals surface area contributed by atoms with Gasteiger partial charge in [-0.3, -0.25) is 4.79 Å². The lowest BCUT2D eigenvalue weighted by atomic mass is 9.90. The van der Waals surface area contributed by atoms with Gasteiger partial charge in [-0.15, -0.1) is 0 Å². The van der Waals surface area contributed by atoms with Gasteiger partial charge in [0.2, 0.25) is 5.91 Å². The Morgan fingerprint density at radius 1 is 1.37 bits per heavy atom. The van der Waals surface area contributed by atoms with Crippen LogP contribution in [0.25, 0.3) is 0 Å². The number of amides is 1. The molecule has 0 aromatic heterocycles. The Bertz CT molecular complexity index is 449. The van der Waals surface area contributed by atoms with E-state index in [4.69, 9.17) is 0 Å². The summed E-state index contributed by atoms with van der Waals surface area (Å²) in [6.45, 7) is 4.59. The molecule has 0 spiro atoms. The van der Waals surface area contributed by atoms with Crippen molar-refractivity contribution < 1.29 is 13.6 Å². The van der Waals surface area contributed by atoms with E-state index in [1.54, 1.807) is 0 Å². The van der Waals surface area contributed by atoms with Crippen LogP contribution < -0.4 is 5.32 Å². The third-order valence-corrected chi connectivity index (χ3v) is 3.31. The molecule has 2 nitrogen and oxygen atoms in total. The zero-order valence-electron chi connectivity index (χ0n) is 11.1. The minimum absolute atomic E-state index is 0.0281. The van der Waals surface area contributed by atoms with Gasteiger partial charge in [0.05, 0.1) is 6.42 Å². The summed E-state index contributed by atoms with van der Waals surface area (Å²) >= 11 is 3.36. The number of hydrogen-bond acceptors (Lipinski definition) is 1. The van der Waals surface area contributed by atoms with Crippen LogP contribution in [0.3, 0.4) is 0 Å². The van der Waals surface area contributed by atoms with Gasteiger partial charge < -0.3 is 5.32 Å². The molecule has 1 amide bonds. The molecule has 0 heterocycles. The van der Waals surface area contributed by atoms with Gasteiger partial charge in [-0.1, -0.05) is 41.9 Å². The van der Waals surface area contributed by atoms with Crippen molar-refractivity contribution in [1.29, 1.82) is 0 Å². The van der Waals surface area contributed by atoms with Gasteiger partial charge >= 0.3 is 0 Å². The maximum absolute atomic E-state index is 13.4. The van der Waals surface area contributed by atoms with E-state index < -0.39 is 11.6 Å². The first kappa shape index (κ1) is 16.1. The Morgan fingerprint density at radius 3 is 2.68 bits per heavy atom. The van der Waals surface area contributed by atoms with Crippen molar-refractivity contribution in [3.05, 3.63) is 35.4 Å². The molecule has 0 saturated heterocycles. The highest BCUT2D eigenvalue weighted by molar-refractivity contribution is 9.09. The first-order chi connectivity index (χ1) is 8.85. The Balaban J connectivity index is 2.54. The highest BCUT2D eigenvalue weighted by Crippen LogP contribution is 2.20. The molecule has 1 N–H and O–H groups in total. The van der Waals surface area contributed by atoms with Gasteiger partial charge in [0.15, 0.2) is 11.6 Å². The Morgan fingerprint density at radius 2 is 2.05 bits per heavy atom. The lowest BCUT2D eigenvalue weighted by Crippen LogP contribution is -2.35. The smallest absolute Gasteiger partial charge is 0.224 e. The van der Waals surface area contributed by atoms with Crippen LogP contribution in [0.1, 0.15) is 25.8 Å². The number of benzene rings is 1. The van der Waals surface area contributed by atoms with Crippen molar-refractivity contribution in [3.8, 4) is 0 Å². The van der Waals surface area contributed by atoms with Crippen LogP contribution >= 0.6 is 15.9 Å². The number of alkyl halides is 1. The predicted octanol–water partition coefficient (Wildman–Crippen LogP) is 3.43. The van der Waals surface area contributed by atoms with E-state index in [1.165, 1.54) is 12.1 Å². The topological polar surface area (TPSA) is 29.1 Å². The Labute approximate surface area is 120 Å². The third kappa shape index (κ3) is 5.27. The second kappa shape index (κ2) is 6.98. The van der Waals surface area contributed by atoms with E-state index in [1.807, 2.05) is 13.8 Å². The van der Waals surface area contributed by atoms with Crippen LogP contribution in [0.2, 0.25) is 0 Å². The van der Waals surface area contributed by atoms with Crippen molar-refractivity contribution in [2.45, 2.75) is 26.7 Å². The summed E-state index contributed by atoms with van der Waals surface area (Å²) in [5.41, 5.74) is 0.0513. The fourth-order valence-corrected chi connectivity index (χ4v) is 2.68. The second-order valence-corrected chi connectivity index (χ2v) is 6.06. The molecule has 1 aromatic carbocycles. The summed E-state index contributed by atoms with van der Waals surface area (Å²) in [7, 11) is 0. The first-order valence-corrected chi connectivity index (χ1v) is 7.23. The lowest BCUT2D eigenvalue weighted by molar-refractivity contribution is -0.120. The van der Waals surface area contributed by atoms with Crippen molar-refractivity contribution in [2.75, 3.05) is 11.9 Å². The summed E-state index contributed by atoms with van der Waals surface area (Å²) in [4.78, 5) is 11.7. The summed E-state index contributed by atoms with van der Waals surface area (Å²) in [6, 6.07) is 3.85. The Hall–Kier alpha value is -0.970. The average molecular weight is 334 g/mol. The molecule has 0 atom stereocenters. The fraction of sp³-hybridized carbons (Fsp3) is 0.500. The molecule has 0 unspecified atom stereocenters. The quantitative estimate of drug-likeness (QED) is 0.794. The molecular formula is C14H18BrF2NO. The number of halogens is 3. The van der Waals surface area contributed by atoms with Crippen molar-refractivity contribution in [2.24, 2.45) is 5.41 Å². The SMILES string of the molecule is CC(C)(CCBr)CNC(=O)Cc1cccc(F)c1F. The maximum Gasteiger partial charge on any atom is 0.224 e. The molecule has 0 aliphatic carbocycles. The summed E-state index contributed by atoms with van der Waals surface area (Å²) in [5.74, 6) is -2.17. The zero-order valence-corrected chi connectivity index (χ0v) is 12.7. The highest BCUT2D eigenvalue weighted by Gasteiger charge is 2.18. The van der Waals surface area contributed by atoms with Gasteiger partial charge in [-0.05, 0) is 17.9 Å².